The molecule has 0 radical (unpaired) electrons. The van der Waals surface area contributed by atoms with Crippen LogP contribution in [-0.4, -0.2) is 11.0 Å². The van der Waals surface area contributed by atoms with E-state index < -0.39 is 0 Å². The summed E-state index contributed by atoms with van der Waals surface area (Å²) < 4.78 is 5.88. The molecule has 3 nitrogen and oxygen atoms in total. The van der Waals surface area contributed by atoms with Crippen LogP contribution in [0.1, 0.15) is 30.1 Å². The third-order valence-corrected chi connectivity index (χ3v) is 3.63. The first-order valence-electron chi connectivity index (χ1n) is 6.50. The number of hydrogen-bond acceptors (Lipinski definition) is 4. The van der Waals surface area contributed by atoms with Gasteiger partial charge in [-0.25, -0.2) is 4.98 Å². The van der Waals surface area contributed by atoms with Crippen LogP contribution in [-0.2, 0) is 13.2 Å². The van der Waals surface area contributed by atoms with Gasteiger partial charge in [-0.3, -0.25) is 0 Å². The molecule has 1 aromatic heterocycles. The van der Waals surface area contributed by atoms with E-state index in [0.717, 1.165) is 23.0 Å². The van der Waals surface area contributed by atoms with Crippen molar-refractivity contribution in [3.8, 4) is 5.75 Å². The molecular formula is C15H20N2OS. The molecule has 0 unspecified atom stereocenters. The van der Waals surface area contributed by atoms with Crippen LogP contribution in [0, 0.1) is 6.92 Å². The molecule has 0 fully saturated rings. The Morgan fingerprint density at radius 2 is 2.11 bits per heavy atom. The van der Waals surface area contributed by atoms with E-state index in [0.29, 0.717) is 12.6 Å². The van der Waals surface area contributed by atoms with Gasteiger partial charge in [0.2, 0.25) is 0 Å². The Balaban J connectivity index is 1.99. The van der Waals surface area contributed by atoms with Crippen LogP contribution in [0.5, 0.6) is 5.75 Å². The Labute approximate surface area is 118 Å². The molecule has 1 aromatic carbocycles. The molecule has 0 bridgehead atoms. The molecule has 0 saturated carbocycles. The normalized spacial score (nSPS) is 10.9. The first-order valence-corrected chi connectivity index (χ1v) is 7.38. The van der Waals surface area contributed by atoms with E-state index in [9.17, 15) is 0 Å². The highest BCUT2D eigenvalue weighted by Gasteiger charge is 2.05. The fourth-order valence-electron chi connectivity index (χ4n) is 1.71. The standard InChI is InChI=1S/C15H20N2OS/c1-11(2)16-8-13-6-4-5-7-14(13)18-9-15-17-12(3)10-19-15/h4-7,10-11,16H,8-9H2,1-3H3. The van der Waals surface area contributed by atoms with E-state index in [1.165, 1.54) is 5.56 Å². The molecule has 0 aliphatic rings. The Kier molecular flexibility index (Phi) is 4.93. The molecule has 0 amide bonds. The topological polar surface area (TPSA) is 34.1 Å². The minimum absolute atomic E-state index is 0.467. The Bertz CT molecular complexity index is 522. The maximum atomic E-state index is 5.88. The minimum atomic E-state index is 0.467. The van der Waals surface area contributed by atoms with Crippen molar-refractivity contribution in [2.24, 2.45) is 0 Å². The fourth-order valence-corrected chi connectivity index (χ4v) is 2.40. The summed E-state index contributed by atoms with van der Waals surface area (Å²) in [4.78, 5) is 4.41. The summed E-state index contributed by atoms with van der Waals surface area (Å²) in [6, 6.07) is 8.61. The molecule has 1 heterocycles. The second-order valence-corrected chi connectivity index (χ2v) is 5.76. The molecule has 0 atom stereocenters. The van der Waals surface area contributed by atoms with Crippen molar-refractivity contribution >= 4 is 11.3 Å². The number of rotatable bonds is 6. The van der Waals surface area contributed by atoms with Gasteiger partial charge in [-0.15, -0.1) is 11.3 Å². The molecule has 4 heteroatoms. The van der Waals surface area contributed by atoms with Gasteiger partial charge in [-0.05, 0) is 13.0 Å². The number of nitrogens with zero attached hydrogens (tertiary/aromatic N) is 1. The maximum absolute atomic E-state index is 5.88. The largest absolute Gasteiger partial charge is 0.486 e. The zero-order chi connectivity index (χ0) is 13.7. The molecule has 19 heavy (non-hydrogen) atoms. The van der Waals surface area contributed by atoms with Crippen LogP contribution in [0.4, 0.5) is 0 Å². The Hall–Kier alpha value is -1.39. The monoisotopic (exact) mass is 276 g/mol. The number of nitrogens with one attached hydrogen (secondary N) is 1. The molecule has 2 aromatic rings. The number of benzene rings is 1. The van der Waals surface area contributed by atoms with Gasteiger partial charge in [0.25, 0.3) is 0 Å². The highest BCUT2D eigenvalue weighted by molar-refractivity contribution is 7.09. The van der Waals surface area contributed by atoms with E-state index in [1.54, 1.807) is 11.3 Å². The van der Waals surface area contributed by atoms with E-state index >= 15 is 0 Å². The van der Waals surface area contributed by atoms with Crippen molar-refractivity contribution < 1.29 is 4.74 Å². The quantitative estimate of drug-likeness (QED) is 0.876. The van der Waals surface area contributed by atoms with Crippen molar-refractivity contribution in [1.29, 1.82) is 0 Å². The summed E-state index contributed by atoms with van der Waals surface area (Å²) in [5.41, 5.74) is 2.24. The molecule has 0 saturated heterocycles. The van der Waals surface area contributed by atoms with Crippen molar-refractivity contribution in [3.05, 3.63) is 45.9 Å². The second kappa shape index (κ2) is 6.68. The molecule has 0 aliphatic heterocycles. The lowest BCUT2D eigenvalue weighted by atomic mass is 10.2. The smallest absolute Gasteiger partial charge is 0.140 e. The van der Waals surface area contributed by atoms with Gasteiger partial charge in [-0.2, -0.15) is 0 Å². The van der Waals surface area contributed by atoms with Gasteiger partial charge in [0.15, 0.2) is 0 Å². The lowest BCUT2D eigenvalue weighted by Crippen LogP contribution is -2.22. The number of hydrogen-bond donors (Lipinski definition) is 1. The van der Waals surface area contributed by atoms with Crippen LogP contribution < -0.4 is 10.1 Å². The molecule has 0 aliphatic carbocycles. The predicted molar refractivity (Wildman–Crippen MR) is 79.6 cm³/mol. The number of aryl methyl sites for hydroxylation is 1. The van der Waals surface area contributed by atoms with E-state index in [-0.39, 0.29) is 0 Å². The first kappa shape index (κ1) is 14.0. The lowest BCUT2D eigenvalue weighted by molar-refractivity contribution is 0.301. The fraction of sp³-hybridized carbons (Fsp3) is 0.400. The van der Waals surface area contributed by atoms with Gasteiger partial charge in [0.05, 0.1) is 0 Å². The van der Waals surface area contributed by atoms with Gasteiger partial charge < -0.3 is 10.1 Å². The van der Waals surface area contributed by atoms with Crippen LogP contribution in [0.15, 0.2) is 29.6 Å². The zero-order valence-corrected chi connectivity index (χ0v) is 12.5. The Morgan fingerprint density at radius 1 is 1.32 bits per heavy atom. The third-order valence-electron chi connectivity index (χ3n) is 2.69. The van der Waals surface area contributed by atoms with Gasteiger partial charge in [0.1, 0.15) is 17.4 Å². The summed E-state index contributed by atoms with van der Waals surface area (Å²) >= 11 is 1.64. The highest BCUT2D eigenvalue weighted by atomic mass is 32.1. The lowest BCUT2D eigenvalue weighted by Gasteiger charge is -2.13. The van der Waals surface area contributed by atoms with Crippen molar-refractivity contribution in [2.75, 3.05) is 0 Å². The van der Waals surface area contributed by atoms with Crippen LogP contribution in [0.2, 0.25) is 0 Å². The number of thiazole rings is 1. The summed E-state index contributed by atoms with van der Waals surface area (Å²) in [6.07, 6.45) is 0. The molecular weight excluding hydrogens is 256 g/mol. The summed E-state index contributed by atoms with van der Waals surface area (Å²) in [6.45, 7) is 7.64. The second-order valence-electron chi connectivity index (χ2n) is 4.81. The molecule has 0 spiro atoms. The molecule has 2 rings (SSSR count). The Morgan fingerprint density at radius 3 is 2.79 bits per heavy atom. The number of aromatic nitrogens is 1. The summed E-state index contributed by atoms with van der Waals surface area (Å²) in [7, 11) is 0. The van der Waals surface area contributed by atoms with Crippen LogP contribution in [0.3, 0.4) is 0 Å². The number of para-hydroxylation sites is 1. The average molecular weight is 276 g/mol. The first-order chi connectivity index (χ1) is 9.15. The van der Waals surface area contributed by atoms with E-state index in [4.69, 9.17) is 4.74 Å². The van der Waals surface area contributed by atoms with Gasteiger partial charge >= 0.3 is 0 Å². The summed E-state index contributed by atoms with van der Waals surface area (Å²) in [5, 5.41) is 6.48. The highest BCUT2D eigenvalue weighted by Crippen LogP contribution is 2.20. The average Bonchev–Trinajstić information content (AvgIpc) is 2.80. The van der Waals surface area contributed by atoms with Crippen molar-refractivity contribution in [3.63, 3.8) is 0 Å². The van der Waals surface area contributed by atoms with Crippen molar-refractivity contribution in [2.45, 2.75) is 40.0 Å². The minimum Gasteiger partial charge on any atom is -0.486 e. The predicted octanol–water partition coefficient (Wildman–Crippen LogP) is 3.53. The SMILES string of the molecule is Cc1csc(COc2ccccc2CNC(C)C)n1. The molecule has 1 N–H and O–H groups in total. The third kappa shape index (κ3) is 4.33. The summed E-state index contributed by atoms with van der Waals surface area (Å²) in [5.74, 6) is 0.934. The molecule has 102 valence electrons. The zero-order valence-electron chi connectivity index (χ0n) is 11.6. The van der Waals surface area contributed by atoms with Gasteiger partial charge in [0, 0.05) is 29.2 Å². The van der Waals surface area contributed by atoms with E-state index in [2.05, 4.69) is 30.2 Å². The van der Waals surface area contributed by atoms with Crippen LogP contribution in [0.25, 0.3) is 0 Å². The van der Waals surface area contributed by atoms with Gasteiger partial charge in [-0.1, -0.05) is 32.0 Å². The van der Waals surface area contributed by atoms with Crippen LogP contribution >= 0.6 is 11.3 Å². The van der Waals surface area contributed by atoms with Crippen molar-refractivity contribution in [1.82, 2.24) is 10.3 Å². The van der Waals surface area contributed by atoms with E-state index in [1.807, 2.05) is 30.5 Å². The number of ether oxygens (including phenoxy) is 1. The maximum Gasteiger partial charge on any atom is 0.140 e.